The van der Waals surface area contributed by atoms with E-state index < -0.39 is 5.82 Å². The molecule has 0 spiro atoms. The number of hydrogen-bond acceptors (Lipinski definition) is 8. The second-order valence-corrected chi connectivity index (χ2v) is 9.66. The molecule has 0 bridgehead atoms. The van der Waals surface area contributed by atoms with Gasteiger partial charge in [0.1, 0.15) is 5.39 Å². The number of piperazine rings is 1. The van der Waals surface area contributed by atoms with Gasteiger partial charge in [-0.3, -0.25) is 4.79 Å². The van der Waals surface area contributed by atoms with E-state index in [4.69, 9.17) is 4.98 Å². The Labute approximate surface area is 230 Å². The summed E-state index contributed by atoms with van der Waals surface area (Å²) < 4.78 is 16.7. The molecular formula is C29H28FN9O. The van der Waals surface area contributed by atoms with E-state index in [-0.39, 0.29) is 12.1 Å². The molecule has 40 heavy (non-hydrogen) atoms. The minimum absolute atomic E-state index is 0.235. The lowest BCUT2D eigenvalue weighted by Crippen LogP contribution is -2.44. The van der Waals surface area contributed by atoms with Crippen LogP contribution in [0.1, 0.15) is 0 Å². The third-order valence-electron chi connectivity index (χ3n) is 6.94. The predicted molar refractivity (Wildman–Crippen MR) is 154 cm³/mol. The van der Waals surface area contributed by atoms with Crippen LogP contribution < -0.4 is 15.8 Å². The molecule has 2 aromatic carbocycles. The van der Waals surface area contributed by atoms with Gasteiger partial charge in [-0.1, -0.05) is 18.2 Å². The molecule has 3 aromatic heterocycles. The predicted octanol–water partition coefficient (Wildman–Crippen LogP) is 3.86. The largest absolute Gasteiger partial charge is 0.369 e. The zero-order valence-electron chi connectivity index (χ0n) is 22.0. The summed E-state index contributed by atoms with van der Waals surface area (Å²) in [7, 11) is 2.14. The first-order valence-corrected chi connectivity index (χ1v) is 13.0. The molecule has 0 aliphatic carbocycles. The van der Waals surface area contributed by atoms with Crippen molar-refractivity contribution >= 4 is 28.4 Å². The summed E-state index contributed by atoms with van der Waals surface area (Å²) in [6.07, 6.45) is 5.43. The van der Waals surface area contributed by atoms with E-state index in [1.54, 1.807) is 15.4 Å². The molecule has 1 N–H and O–H groups in total. The molecule has 5 aromatic rings. The van der Waals surface area contributed by atoms with Crippen LogP contribution in [0.25, 0.3) is 28.1 Å². The van der Waals surface area contributed by atoms with Gasteiger partial charge in [-0.05, 0) is 43.4 Å². The van der Waals surface area contributed by atoms with Crippen LogP contribution in [0.4, 0.5) is 21.7 Å². The summed E-state index contributed by atoms with van der Waals surface area (Å²) >= 11 is 0. The average molecular weight is 538 g/mol. The summed E-state index contributed by atoms with van der Waals surface area (Å²) in [5.41, 5.74) is 3.56. The summed E-state index contributed by atoms with van der Waals surface area (Å²) in [5.74, 6) is 0.221. The van der Waals surface area contributed by atoms with Gasteiger partial charge in [0, 0.05) is 49.3 Å². The molecular weight excluding hydrogens is 509 g/mol. The number of likely N-dealkylation sites (N-methyl/N-ethyl adjacent to an activating group) is 1. The Morgan fingerprint density at radius 1 is 0.975 bits per heavy atom. The van der Waals surface area contributed by atoms with Crippen LogP contribution in [-0.2, 0) is 6.54 Å². The van der Waals surface area contributed by atoms with Crippen molar-refractivity contribution in [3.63, 3.8) is 0 Å². The van der Waals surface area contributed by atoms with Crippen LogP contribution >= 0.6 is 0 Å². The van der Waals surface area contributed by atoms with Crippen molar-refractivity contribution in [3.05, 3.63) is 95.9 Å². The third kappa shape index (κ3) is 4.94. The molecule has 1 aliphatic rings. The SMILES string of the molecule is C=CCn1c(=O)c2cnc(Nc3ccc(N4CCN(C)CC4)cc3)nc2n1-c1cccc(-c2ncc(F)cn2)c1. The van der Waals surface area contributed by atoms with E-state index in [1.165, 1.54) is 11.9 Å². The maximum absolute atomic E-state index is 13.4. The van der Waals surface area contributed by atoms with Gasteiger partial charge in [-0.2, -0.15) is 4.98 Å². The second kappa shape index (κ2) is 10.7. The summed E-state index contributed by atoms with van der Waals surface area (Å²) in [6, 6.07) is 15.5. The summed E-state index contributed by atoms with van der Waals surface area (Å²) in [4.78, 5) is 35.3. The standard InChI is InChI=1S/C29H28FN9O/c1-3-11-38-28(40)25-19-33-29(34-22-7-9-23(10-8-22)37-14-12-36(2)13-15-37)35-27(25)39(38)24-6-4-5-20(16-24)26-31-17-21(30)18-32-26/h3-10,16-19H,1,11-15H2,2H3,(H,33,34,35). The smallest absolute Gasteiger partial charge is 0.278 e. The number of fused-ring (bicyclic) bond motifs is 1. The molecule has 0 radical (unpaired) electrons. The number of rotatable bonds is 7. The van der Waals surface area contributed by atoms with Gasteiger partial charge in [0.05, 0.1) is 24.6 Å². The highest BCUT2D eigenvalue weighted by Gasteiger charge is 2.18. The maximum Gasteiger partial charge on any atom is 0.278 e. The van der Waals surface area contributed by atoms with Crippen molar-refractivity contribution in [2.24, 2.45) is 0 Å². The molecule has 10 nitrogen and oxygen atoms in total. The lowest BCUT2D eigenvalue weighted by molar-refractivity contribution is 0.313. The Balaban J connectivity index is 1.35. The van der Waals surface area contributed by atoms with E-state index in [9.17, 15) is 9.18 Å². The molecule has 1 saturated heterocycles. The van der Waals surface area contributed by atoms with Gasteiger partial charge in [-0.15, -0.1) is 6.58 Å². The van der Waals surface area contributed by atoms with E-state index in [1.807, 2.05) is 36.4 Å². The Bertz CT molecular complexity index is 1720. The fourth-order valence-electron chi connectivity index (χ4n) is 4.83. The van der Waals surface area contributed by atoms with Gasteiger partial charge in [0.25, 0.3) is 5.56 Å². The number of allylic oxidation sites excluding steroid dienone is 1. The van der Waals surface area contributed by atoms with E-state index in [0.29, 0.717) is 34.1 Å². The van der Waals surface area contributed by atoms with Crippen molar-refractivity contribution in [2.45, 2.75) is 6.54 Å². The Kier molecular flexibility index (Phi) is 6.79. The fraction of sp³-hybridized carbons (Fsp3) is 0.207. The molecule has 11 heteroatoms. The van der Waals surface area contributed by atoms with Crippen LogP contribution in [0, 0.1) is 5.82 Å². The van der Waals surface area contributed by atoms with Crippen LogP contribution in [0.5, 0.6) is 0 Å². The summed E-state index contributed by atoms with van der Waals surface area (Å²) in [6.45, 7) is 8.16. The monoisotopic (exact) mass is 537 g/mol. The van der Waals surface area contributed by atoms with Gasteiger partial charge >= 0.3 is 0 Å². The fourth-order valence-corrected chi connectivity index (χ4v) is 4.83. The number of benzene rings is 2. The molecule has 202 valence electrons. The summed E-state index contributed by atoms with van der Waals surface area (Å²) in [5, 5.41) is 3.64. The highest BCUT2D eigenvalue weighted by atomic mass is 19.1. The Hall–Kier alpha value is -4.90. The lowest BCUT2D eigenvalue weighted by Gasteiger charge is -2.34. The molecule has 0 amide bonds. The molecule has 0 saturated carbocycles. The number of hydrogen-bond donors (Lipinski definition) is 1. The van der Waals surface area contributed by atoms with Crippen molar-refractivity contribution in [3.8, 4) is 17.1 Å². The van der Waals surface area contributed by atoms with Gasteiger partial charge in [0.2, 0.25) is 5.95 Å². The van der Waals surface area contributed by atoms with Crippen LogP contribution in [0.15, 0.2) is 84.6 Å². The highest BCUT2D eigenvalue weighted by Crippen LogP contribution is 2.24. The minimum atomic E-state index is -0.512. The maximum atomic E-state index is 13.4. The van der Waals surface area contributed by atoms with Crippen LogP contribution in [-0.4, -0.2) is 67.4 Å². The molecule has 1 aliphatic heterocycles. The Morgan fingerprint density at radius 3 is 2.45 bits per heavy atom. The van der Waals surface area contributed by atoms with Crippen LogP contribution in [0.2, 0.25) is 0 Å². The van der Waals surface area contributed by atoms with Gasteiger partial charge in [-0.25, -0.2) is 28.7 Å². The lowest BCUT2D eigenvalue weighted by atomic mass is 10.2. The minimum Gasteiger partial charge on any atom is -0.369 e. The third-order valence-corrected chi connectivity index (χ3v) is 6.94. The molecule has 4 heterocycles. The molecule has 0 unspecified atom stereocenters. The first kappa shape index (κ1) is 25.4. The van der Waals surface area contributed by atoms with Gasteiger partial charge < -0.3 is 15.1 Å². The van der Waals surface area contributed by atoms with Crippen molar-refractivity contribution in [1.82, 2.24) is 34.2 Å². The van der Waals surface area contributed by atoms with Gasteiger partial charge in [0.15, 0.2) is 17.3 Å². The number of anilines is 3. The first-order valence-electron chi connectivity index (χ1n) is 13.0. The second-order valence-electron chi connectivity index (χ2n) is 9.66. The average Bonchev–Trinajstić information content (AvgIpc) is 3.25. The molecule has 6 rings (SSSR count). The Morgan fingerprint density at radius 2 is 1.73 bits per heavy atom. The van der Waals surface area contributed by atoms with Crippen molar-refractivity contribution in [1.29, 1.82) is 0 Å². The molecule has 0 atom stereocenters. The molecule has 1 fully saturated rings. The van der Waals surface area contributed by atoms with E-state index in [0.717, 1.165) is 44.3 Å². The highest BCUT2D eigenvalue weighted by molar-refractivity contribution is 5.78. The van der Waals surface area contributed by atoms with E-state index in [2.05, 4.69) is 55.8 Å². The zero-order chi connectivity index (χ0) is 27.6. The quantitative estimate of drug-likeness (QED) is 0.313. The first-order chi connectivity index (χ1) is 19.5. The number of nitrogens with zero attached hydrogens (tertiary/aromatic N) is 8. The topological polar surface area (TPSA) is 97.0 Å². The van der Waals surface area contributed by atoms with Crippen LogP contribution in [0.3, 0.4) is 0 Å². The van der Waals surface area contributed by atoms with Crippen molar-refractivity contribution in [2.75, 3.05) is 43.4 Å². The number of halogens is 1. The zero-order valence-corrected chi connectivity index (χ0v) is 22.0. The normalized spacial score (nSPS) is 14.0. The van der Waals surface area contributed by atoms with Crippen molar-refractivity contribution < 1.29 is 4.39 Å². The van der Waals surface area contributed by atoms with E-state index >= 15 is 0 Å². The number of nitrogens with one attached hydrogen (secondary N) is 1. The number of aromatic nitrogens is 6.